The Morgan fingerprint density at radius 1 is 1.25 bits per heavy atom. The Balaban J connectivity index is 1.64. The number of methoxy groups -OCH3 is 2. The lowest BCUT2D eigenvalue weighted by atomic mass is 9.73. The van der Waals surface area contributed by atoms with Gasteiger partial charge in [0, 0.05) is 5.56 Å². The smallest absolute Gasteiger partial charge is 0.326 e. The first-order valence-electron chi connectivity index (χ1n) is 9.42. The zero-order chi connectivity index (χ0) is 20.3. The van der Waals surface area contributed by atoms with Gasteiger partial charge in [0.1, 0.15) is 30.2 Å². The molecular weight excluding hydrogens is 364 g/mol. The van der Waals surface area contributed by atoms with Crippen LogP contribution in [0, 0.1) is 5.92 Å². The summed E-state index contributed by atoms with van der Waals surface area (Å²) in [7, 11) is 3.06. The third kappa shape index (κ3) is 3.63. The number of hydrogen-bond donors (Lipinski definition) is 1. The second kappa shape index (κ2) is 8.08. The van der Waals surface area contributed by atoms with E-state index in [1.165, 1.54) is 14.2 Å². The number of benzene rings is 1. The Hall–Kier alpha value is -2.77. The van der Waals surface area contributed by atoms with Gasteiger partial charge in [-0.3, -0.25) is 14.5 Å². The van der Waals surface area contributed by atoms with E-state index in [2.05, 4.69) is 5.32 Å². The van der Waals surface area contributed by atoms with E-state index in [-0.39, 0.29) is 18.4 Å². The predicted molar refractivity (Wildman–Crippen MR) is 99.9 cm³/mol. The van der Waals surface area contributed by atoms with Crippen LogP contribution in [-0.2, 0) is 20.9 Å². The van der Waals surface area contributed by atoms with Crippen LogP contribution >= 0.6 is 0 Å². The van der Waals surface area contributed by atoms with E-state index in [0.717, 1.165) is 24.2 Å². The quantitative estimate of drug-likeness (QED) is 0.591. The normalized spacial score (nSPS) is 24.2. The van der Waals surface area contributed by atoms with E-state index in [1.807, 2.05) is 6.92 Å². The first kappa shape index (κ1) is 20.0. The minimum absolute atomic E-state index is 0.0414. The standard InChI is InChI=1S/C20H26N2O6/c1-13-6-4-5-9-20(13)18(24)22(19(25)21-20)11-17(23)28-12-14-10-15(26-2)7-8-16(14)27-3/h7-8,10,13H,4-6,9,11-12H2,1-3H3,(H,21,25)/t13-,20-/m1/s1. The van der Waals surface area contributed by atoms with Crippen molar-refractivity contribution in [2.24, 2.45) is 5.92 Å². The average molecular weight is 390 g/mol. The molecule has 1 saturated carbocycles. The number of nitrogens with one attached hydrogen (secondary N) is 1. The zero-order valence-corrected chi connectivity index (χ0v) is 16.4. The third-order valence-electron chi connectivity index (χ3n) is 5.66. The van der Waals surface area contributed by atoms with Crippen molar-refractivity contribution < 1.29 is 28.6 Å². The van der Waals surface area contributed by atoms with Crippen molar-refractivity contribution in [3.63, 3.8) is 0 Å². The number of imide groups is 1. The Kier molecular flexibility index (Phi) is 5.76. The molecule has 1 heterocycles. The van der Waals surface area contributed by atoms with Crippen molar-refractivity contribution >= 4 is 17.9 Å². The number of rotatable bonds is 6. The maximum absolute atomic E-state index is 12.9. The number of esters is 1. The summed E-state index contributed by atoms with van der Waals surface area (Å²) >= 11 is 0. The zero-order valence-electron chi connectivity index (χ0n) is 16.4. The summed E-state index contributed by atoms with van der Waals surface area (Å²) in [6.45, 7) is 1.50. The molecule has 152 valence electrons. The molecule has 1 N–H and O–H groups in total. The van der Waals surface area contributed by atoms with Crippen molar-refractivity contribution in [3.05, 3.63) is 23.8 Å². The molecule has 0 bridgehead atoms. The highest BCUT2D eigenvalue weighted by Crippen LogP contribution is 2.38. The lowest BCUT2D eigenvalue weighted by Crippen LogP contribution is -2.54. The van der Waals surface area contributed by atoms with Gasteiger partial charge in [-0.05, 0) is 37.0 Å². The van der Waals surface area contributed by atoms with Gasteiger partial charge >= 0.3 is 12.0 Å². The highest BCUT2D eigenvalue weighted by atomic mass is 16.5. The Morgan fingerprint density at radius 3 is 2.71 bits per heavy atom. The van der Waals surface area contributed by atoms with E-state index in [4.69, 9.17) is 14.2 Å². The van der Waals surface area contributed by atoms with Gasteiger partial charge in [0.05, 0.1) is 14.2 Å². The minimum atomic E-state index is -0.883. The summed E-state index contributed by atoms with van der Waals surface area (Å²) in [4.78, 5) is 38.5. The maximum atomic E-state index is 12.9. The molecule has 1 aromatic rings. The molecular formula is C20H26N2O6. The van der Waals surface area contributed by atoms with Gasteiger partial charge in [-0.1, -0.05) is 19.8 Å². The molecule has 3 rings (SSSR count). The summed E-state index contributed by atoms with van der Waals surface area (Å²) in [5.74, 6) is 0.210. The van der Waals surface area contributed by atoms with E-state index in [9.17, 15) is 14.4 Å². The molecule has 0 aromatic heterocycles. The molecule has 2 aliphatic rings. The fraction of sp³-hybridized carbons (Fsp3) is 0.550. The summed E-state index contributed by atoms with van der Waals surface area (Å²) in [5.41, 5.74) is -0.254. The van der Waals surface area contributed by atoms with E-state index in [0.29, 0.717) is 23.5 Å². The fourth-order valence-electron chi connectivity index (χ4n) is 3.97. The monoisotopic (exact) mass is 390 g/mol. The van der Waals surface area contributed by atoms with Gasteiger partial charge in [-0.2, -0.15) is 0 Å². The van der Waals surface area contributed by atoms with Crippen LogP contribution in [0.15, 0.2) is 18.2 Å². The Labute approximate surface area is 164 Å². The Bertz CT molecular complexity index is 780. The van der Waals surface area contributed by atoms with Crippen LogP contribution in [0.25, 0.3) is 0 Å². The highest BCUT2D eigenvalue weighted by Gasteiger charge is 2.55. The molecule has 0 radical (unpaired) electrons. The molecule has 28 heavy (non-hydrogen) atoms. The summed E-state index contributed by atoms with van der Waals surface area (Å²) in [5, 5.41) is 2.82. The van der Waals surface area contributed by atoms with Crippen LogP contribution in [0.2, 0.25) is 0 Å². The van der Waals surface area contributed by atoms with Crippen LogP contribution in [-0.4, -0.2) is 49.1 Å². The summed E-state index contributed by atoms with van der Waals surface area (Å²) < 4.78 is 15.7. The van der Waals surface area contributed by atoms with Gasteiger partial charge in [0.25, 0.3) is 5.91 Å². The van der Waals surface area contributed by atoms with Crippen LogP contribution in [0.5, 0.6) is 11.5 Å². The average Bonchev–Trinajstić information content (AvgIpc) is 2.93. The molecule has 8 nitrogen and oxygen atoms in total. The van der Waals surface area contributed by atoms with Crippen LogP contribution in [0.4, 0.5) is 4.79 Å². The molecule has 2 fully saturated rings. The summed E-state index contributed by atoms with van der Waals surface area (Å²) in [6.07, 6.45) is 3.39. The predicted octanol–water partition coefficient (Wildman–Crippen LogP) is 2.25. The topological polar surface area (TPSA) is 94.2 Å². The number of urea groups is 1. The van der Waals surface area contributed by atoms with Gasteiger partial charge in [-0.15, -0.1) is 0 Å². The van der Waals surface area contributed by atoms with Gasteiger partial charge in [0.15, 0.2) is 0 Å². The fourth-order valence-corrected chi connectivity index (χ4v) is 3.97. The van der Waals surface area contributed by atoms with Crippen molar-refractivity contribution in [1.82, 2.24) is 10.2 Å². The van der Waals surface area contributed by atoms with Gasteiger partial charge in [-0.25, -0.2) is 4.79 Å². The SMILES string of the molecule is COc1ccc(OC)c(COC(=O)CN2C(=O)N[C@@]3(CCCC[C@H]3C)C2=O)c1. The van der Waals surface area contributed by atoms with E-state index < -0.39 is 24.1 Å². The van der Waals surface area contributed by atoms with Crippen molar-refractivity contribution in [3.8, 4) is 11.5 Å². The van der Waals surface area contributed by atoms with Crippen molar-refractivity contribution in [2.45, 2.75) is 44.8 Å². The first-order chi connectivity index (χ1) is 13.4. The number of carbonyl (C=O) groups excluding carboxylic acids is 3. The lowest BCUT2D eigenvalue weighted by molar-refractivity contribution is -0.149. The minimum Gasteiger partial charge on any atom is -0.497 e. The van der Waals surface area contributed by atoms with Crippen LogP contribution < -0.4 is 14.8 Å². The molecule has 1 saturated heterocycles. The second-order valence-electron chi connectivity index (χ2n) is 7.28. The second-order valence-corrected chi connectivity index (χ2v) is 7.28. The maximum Gasteiger partial charge on any atom is 0.326 e. The molecule has 8 heteroatoms. The molecule has 2 atom stereocenters. The van der Waals surface area contributed by atoms with Gasteiger partial charge in [0.2, 0.25) is 0 Å². The number of carbonyl (C=O) groups is 3. The van der Waals surface area contributed by atoms with Gasteiger partial charge < -0.3 is 19.5 Å². The molecule has 3 amide bonds. The van der Waals surface area contributed by atoms with Crippen LogP contribution in [0.1, 0.15) is 38.2 Å². The van der Waals surface area contributed by atoms with Crippen LogP contribution in [0.3, 0.4) is 0 Å². The first-order valence-corrected chi connectivity index (χ1v) is 9.42. The van der Waals surface area contributed by atoms with Crippen molar-refractivity contribution in [1.29, 1.82) is 0 Å². The lowest BCUT2D eigenvalue weighted by Gasteiger charge is -2.36. The molecule has 1 aromatic carbocycles. The number of nitrogens with zero attached hydrogens (tertiary/aromatic N) is 1. The highest BCUT2D eigenvalue weighted by molar-refractivity contribution is 6.08. The molecule has 1 spiro atoms. The molecule has 0 unspecified atom stereocenters. The molecule has 1 aliphatic heterocycles. The van der Waals surface area contributed by atoms with E-state index >= 15 is 0 Å². The summed E-state index contributed by atoms with van der Waals surface area (Å²) in [6, 6.07) is 4.63. The number of ether oxygens (including phenoxy) is 3. The number of amides is 3. The largest absolute Gasteiger partial charge is 0.497 e. The van der Waals surface area contributed by atoms with E-state index in [1.54, 1.807) is 18.2 Å². The Morgan fingerprint density at radius 2 is 2.04 bits per heavy atom. The number of hydrogen-bond acceptors (Lipinski definition) is 6. The van der Waals surface area contributed by atoms with Crippen molar-refractivity contribution in [2.75, 3.05) is 20.8 Å². The molecule has 1 aliphatic carbocycles. The third-order valence-corrected chi connectivity index (χ3v) is 5.66.